The molecule has 25 heavy (non-hydrogen) atoms. The molecule has 0 radical (unpaired) electrons. The first-order valence-corrected chi connectivity index (χ1v) is 9.70. The lowest BCUT2D eigenvalue weighted by Gasteiger charge is -2.18. The first kappa shape index (κ1) is 19.2. The largest absolute Gasteiger partial charge is 0.438 e. The summed E-state index contributed by atoms with van der Waals surface area (Å²) in [5, 5.41) is 11.9. The van der Waals surface area contributed by atoms with Crippen LogP contribution in [0.3, 0.4) is 0 Å². The van der Waals surface area contributed by atoms with Gasteiger partial charge in [-0.05, 0) is 52.3 Å². The van der Waals surface area contributed by atoms with Gasteiger partial charge in [0.2, 0.25) is 5.09 Å². The van der Waals surface area contributed by atoms with Gasteiger partial charge in [0.25, 0.3) is 15.9 Å². The van der Waals surface area contributed by atoms with Crippen molar-refractivity contribution < 1.29 is 17.6 Å². The highest BCUT2D eigenvalue weighted by molar-refractivity contribution is 7.89. The molecule has 0 saturated carbocycles. The quantitative estimate of drug-likeness (QED) is 0.845. The summed E-state index contributed by atoms with van der Waals surface area (Å²) < 4.78 is 32.1. The lowest BCUT2D eigenvalue weighted by molar-refractivity contribution is 0.0992. The summed E-state index contributed by atoms with van der Waals surface area (Å²) in [4.78, 5) is 13.2. The van der Waals surface area contributed by atoms with Crippen molar-refractivity contribution in [3.05, 3.63) is 33.9 Å². The number of hydrogen-bond acceptors (Lipinski definition) is 6. The van der Waals surface area contributed by atoms with Gasteiger partial charge in [-0.1, -0.05) is 0 Å². The molecule has 2 aromatic heterocycles. The monoisotopic (exact) mass is 381 g/mol. The second-order valence-corrected chi connectivity index (χ2v) is 9.37. The molecule has 0 spiro atoms. The molecule has 2 heterocycles. The van der Waals surface area contributed by atoms with Crippen LogP contribution in [-0.4, -0.2) is 19.9 Å². The van der Waals surface area contributed by atoms with Crippen molar-refractivity contribution in [2.75, 3.05) is 5.32 Å². The van der Waals surface area contributed by atoms with Crippen LogP contribution in [0.2, 0.25) is 0 Å². The number of thiophene rings is 1. The lowest BCUT2D eigenvalue weighted by atomic mass is 10.1. The van der Waals surface area contributed by atoms with Gasteiger partial charge >= 0.3 is 0 Å². The van der Waals surface area contributed by atoms with Crippen molar-refractivity contribution >= 4 is 32.3 Å². The highest BCUT2D eigenvalue weighted by atomic mass is 32.2. The van der Waals surface area contributed by atoms with Gasteiger partial charge in [0.05, 0.1) is 5.56 Å². The summed E-state index contributed by atoms with van der Waals surface area (Å²) in [6, 6.07) is 4.56. The third-order valence-corrected chi connectivity index (χ3v) is 5.99. The second kappa shape index (κ2) is 6.63. The maximum Gasteiger partial charge on any atom is 0.292 e. The van der Waals surface area contributed by atoms with E-state index in [-0.39, 0.29) is 10.9 Å². The third kappa shape index (κ3) is 4.28. The fraction of sp³-hybridized carbons (Fsp3) is 0.375. The van der Waals surface area contributed by atoms with Crippen LogP contribution in [0.4, 0.5) is 5.00 Å². The summed E-state index contributed by atoms with van der Waals surface area (Å²) >= 11 is 1.28. The minimum absolute atomic E-state index is 0.151. The maximum atomic E-state index is 12.3. The van der Waals surface area contributed by atoms with Crippen molar-refractivity contribution in [2.45, 2.75) is 45.2 Å². The number of aryl methyl sites for hydroxylation is 1. The van der Waals surface area contributed by atoms with Gasteiger partial charge < -0.3 is 9.73 Å². The van der Waals surface area contributed by atoms with Crippen LogP contribution in [-0.2, 0) is 10.0 Å². The highest BCUT2D eigenvalue weighted by Gasteiger charge is 2.26. The molecule has 0 fully saturated rings. The van der Waals surface area contributed by atoms with Crippen LogP contribution in [0.5, 0.6) is 0 Å². The van der Waals surface area contributed by atoms with Crippen molar-refractivity contribution in [3.63, 3.8) is 0 Å². The molecule has 0 saturated heterocycles. The maximum absolute atomic E-state index is 12.3. The Kier molecular flexibility index (Phi) is 5.09. The molecule has 0 aromatic carbocycles. The molecule has 2 rings (SSSR count). The summed E-state index contributed by atoms with van der Waals surface area (Å²) in [7, 11) is -3.87. The molecule has 0 aliphatic carbocycles. The van der Waals surface area contributed by atoms with Crippen LogP contribution in [0, 0.1) is 25.2 Å². The van der Waals surface area contributed by atoms with Crippen LogP contribution in [0.1, 0.15) is 47.3 Å². The molecule has 2 aromatic rings. The summed E-state index contributed by atoms with van der Waals surface area (Å²) in [6.45, 7) is 8.76. The topological polar surface area (TPSA) is 112 Å². The van der Waals surface area contributed by atoms with Gasteiger partial charge in [-0.25, -0.2) is 13.1 Å². The Labute approximate surface area is 150 Å². The smallest absolute Gasteiger partial charge is 0.292 e. The second-order valence-electron chi connectivity index (χ2n) is 6.53. The fourth-order valence-corrected chi connectivity index (χ4v) is 4.41. The first-order chi connectivity index (χ1) is 11.4. The predicted octanol–water partition coefficient (Wildman–Crippen LogP) is 3.16. The van der Waals surface area contributed by atoms with Crippen LogP contribution in [0.15, 0.2) is 21.6 Å². The van der Waals surface area contributed by atoms with Gasteiger partial charge in [0.1, 0.15) is 11.1 Å². The SMILES string of the molecule is Cc1sc(NC(=O)c2ccc(S(=O)(=O)NC(C)(C)C)o2)c(C#N)c1C. The van der Waals surface area contributed by atoms with Crippen molar-refractivity contribution in [3.8, 4) is 6.07 Å². The number of nitrogens with one attached hydrogen (secondary N) is 2. The van der Waals surface area contributed by atoms with E-state index in [2.05, 4.69) is 16.1 Å². The molecule has 7 nitrogen and oxygen atoms in total. The zero-order chi connectivity index (χ0) is 19.0. The van der Waals surface area contributed by atoms with Gasteiger partial charge in [0.15, 0.2) is 5.76 Å². The zero-order valence-electron chi connectivity index (χ0n) is 14.6. The fourth-order valence-electron chi connectivity index (χ4n) is 2.05. The lowest BCUT2D eigenvalue weighted by Crippen LogP contribution is -2.40. The van der Waals surface area contributed by atoms with Gasteiger partial charge in [-0.15, -0.1) is 11.3 Å². The first-order valence-electron chi connectivity index (χ1n) is 7.40. The number of furan rings is 1. The number of sulfonamides is 1. The number of nitriles is 1. The molecule has 0 unspecified atom stereocenters. The summed E-state index contributed by atoms with van der Waals surface area (Å²) in [5.74, 6) is -0.767. The molecule has 0 aliphatic heterocycles. The van der Waals surface area contributed by atoms with E-state index < -0.39 is 21.5 Å². The Hall–Kier alpha value is -2.15. The van der Waals surface area contributed by atoms with E-state index >= 15 is 0 Å². The van der Waals surface area contributed by atoms with E-state index in [4.69, 9.17) is 4.42 Å². The van der Waals surface area contributed by atoms with Crippen LogP contribution in [0.25, 0.3) is 0 Å². The summed E-state index contributed by atoms with van der Waals surface area (Å²) in [6.07, 6.45) is 0. The minimum Gasteiger partial charge on any atom is -0.438 e. The van der Waals surface area contributed by atoms with Gasteiger partial charge in [0, 0.05) is 10.4 Å². The minimum atomic E-state index is -3.87. The average molecular weight is 381 g/mol. The Morgan fingerprint density at radius 2 is 1.92 bits per heavy atom. The van der Waals surface area contributed by atoms with E-state index in [0.717, 1.165) is 10.4 Å². The van der Waals surface area contributed by atoms with Gasteiger partial charge in [-0.2, -0.15) is 5.26 Å². The molecule has 2 N–H and O–H groups in total. The third-order valence-electron chi connectivity index (χ3n) is 3.23. The molecule has 0 aliphatic rings. The van der Waals surface area contributed by atoms with Crippen molar-refractivity contribution in [2.24, 2.45) is 0 Å². The van der Waals surface area contributed by atoms with Crippen molar-refractivity contribution in [1.82, 2.24) is 4.72 Å². The zero-order valence-corrected chi connectivity index (χ0v) is 16.2. The number of amides is 1. The predicted molar refractivity (Wildman–Crippen MR) is 95.2 cm³/mol. The molecule has 0 bridgehead atoms. The molecule has 0 atom stereocenters. The van der Waals surface area contributed by atoms with Crippen molar-refractivity contribution in [1.29, 1.82) is 5.26 Å². The Balaban J connectivity index is 2.25. The van der Waals surface area contributed by atoms with Crippen LogP contribution >= 0.6 is 11.3 Å². The van der Waals surface area contributed by atoms with Crippen LogP contribution < -0.4 is 10.0 Å². The standard InChI is InChI=1S/C16H19N3O4S2/c1-9-10(2)24-15(11(9)8-17)18-14(20)12-6-7-13(23-12)25(21,22)19-16(3,4)5/h6-7,19H,1-5H3,(H,18,20). The summed E-state index contributed by atoms with van der Waals surface area (Å²) in [5.41, 5.74) is 0.520. The van der Waals surface area contributed by atoms with E-state index in [1.807, 2.05) is 6.92 Å². The molecule has 9 heteroatoms. The van der Waals surface area contributed by atoms with E-state index in [0.29, 0.717) is 10.6 Å². The molecule has 134 valence electrons. The number of carbonyl (C=O) groups excluding carboxylic acids is 1. The number of hydrogen-bond donors (Lipinski definition) is 2. The van der Waals surface area contributed by atoms with Gasteiger partial charge in [-0.3, -0.25) is 4.79 Å². The van der Waals surface area contributed by atoms with E-state index in [9.17, 15) is 18.5 Å². The normalized spacial score (nSPS) is 12.0. The highest BCUT2D eigenvalue weighted by Crippen LogP contribution is 2.32. The number of carbonyl (C=O) groups is 1. The molecular weight excluding hydrogens is 362 g/mol. The number of nitrogens with zero attached hydrogens (tertiary/aromatic N) is 1. The van der Waals surface area contributed by atoms with E-state index in [1.165, 1.54) is 23.5 Å². The molecule has 1 amide bonds. The molecular formula is C16H19N3O4S2. The Bertz CT molecular complexity index is 957. The number of anilines is 1. The average Bonchev–Trinajstić information content (AvgIpc) is 3.03. The Morgan fingerprint density at radius 3 is 2.48 bits per heavy atom. The van der Waals surface area contributed by atoms with E-state index in [1.54, 1.807) is 27.7 Å². The number of rotatable bonds is 4. The Morgan fingerprint density at radius 1 is 1.28 bits per heavy atom.